The molecule has 0 spiro atoms. The number of hydrogen-bond donors (Lipinski definition) is 1. The van der Waals surface area contributed by atoms with Gasteiger partial charge in [0.15, 0.2) is 11.5 Å². The molecule has 0 saturated carbocycles. The van der Waals surface area contributed by atoms with Crippen molar-refractivity contribution in [2.24, 2.45) is 0 Å². The van der Waals surface area contributed by atoms with E-state index in [1.165, 1.54) is 0 Å². The molecule has 7 nitrogen and oxygen atoms in total. The smallest absolute Gasteiger partial charge is 0.226 e. The van der Waals surface area contributed by atoms with Crippen LogP contribution >= 0.6 is 0 Å². The van der Waals surface area contributed by atoms with Crippen molar-refractivity contribution in [3.05, 3.63) is 60.0 Å². The summed E-state index contributed by atoms with van der Waals surface area (Å²) >= 11 is 0. The Morgan fingerprint density at radius 1 is 1.04 bits per heavy atom. The number of carbonyl (C=O) groups is 1. The van der Waals surface area contributed by atoms with Crippen LogP contribution in [-0.4, -0.2) is 36.8 Å². The lowest BCUT2D eigenvalue weighted by atomic mass is 9.89. The van der Waals surface area contributed by atoms with E-state index in [1.54, 1.807) is 27.7 Å². The van der Waals surface area contributed by atoms with E-state index in [1.807, 2.05) is 47.0 Å². The predicted molar refractivity (Wildman–Crippen MR) is 105 cm³/mol. The monoisotopic (exact) mass is 379 g/mol. The quantitative estimate of drug-likeness (QED) is 0.736. The van der Waals surface area contributed by atoms with Crippen molar-refractivity contribution in [1.29, 1.82) is 0 Å². The highest BCUT2D eigenvalue weighted by Crippen LogP contribution is 2.44. The highest BCUT2D eigenvalue weighted by molar-refractivity contribution is 5.94. The number of methoxy groups -OCH3 is 3. The van der Waals surface area contributed by atoms with Gasteiger partial charge in [-0.05, 0) is 29.8 Å². The fourth-order valence-corrected chi connectivity index (χ4v) is 3.57. The summed E-state index contributed by atoms with van der Waals surface area (Å²) in [7, 11) is 4.71. The molecule has 7 heteroatoms. The van der Waals surface area contributed by atoms with Crippen LogP contribution in [-0.2, 0) is 4.79 Å². The Labute approximate surface area is 162 Å². The van der Waals surface area contributed by atoms with Crippen LogP contribution < -0.4 is 19.5 Å². The fraction of sp³-hybridized carbons (Fsp3) is 0.238. The number of nitrogens with zero attached hydrogens (tertiary/aromatic N) is 2. The van der Waals surface area contributed by atoms with Crippen LogP contribution in [0.5, 0.6) is 17.2 Å². The van der Waals surface area contributed by atoms with Crippen molar-refractivity contribution >= 4 is 11.7 Å². The second kappa shape index (κ2) is 7.26. The molecule has 1 atom stereocenters. The Kier molecular flexibility index (Phi) is 4.65. The molecule has 0 radical (unpaired) electrons. The number of fused-ring (bicyclic) bond motifs is 1. The predicted octanol–water partition coefficient (Wildman–Crippen LogP) is 3.37. The molecule has 1 aliphatic heterocycles. The van der Waals surface area contributed by atoms with E-state index in [4.69, 9.17) is 14.2 Å². The standard InChI is InChI=1S/C21H21N3O4/c1-26-16-9-13(10-17(27-2)20(16)28-3)15-11-18(25)23-21-19(15)22-12-24(21)14-7-5-4-6-8-14/h4-10,12,15H,11H2,1-3H3,(H,23,25)/t15-/m1/s1. The van der Waals surface area contributed by atoms with Crippen LogP contribution in [0.25, 0.3) is 5.69 Å². The first-order chi connectivity index (χ1) is 13.7. The Balaban J connectivity index is 1.83. The van der Waals surface area contributed by atoms with Crippen molar-refractivity contribution in [3.8, 4) is 22.9 Å². The molecule has 1 amide bonds. The molecule has 0 bridgehead atoms. The van der Waals surface area contributed by atoms with Crippen LogP contribution in [0, 0.1) is 0 Å². The van der Waals surface area contributed by atoms with Gasteiger partial charge in [0.05, 0.1) is 27.0 Å². The third-order valence-electron chi connectivity index (χ3n) is 4.90. The number of amides is 1. The van der Waals surface area contributed by atoms with Gasteiger partial charge in [-0.2, -0.15) is 0 Å². The van der Waals surface area contributed by atoms with Gasteiger partial charge in [-0.25, -0.2) is 4.98 Å². The van der Waals surface area contributed by atoms with E-state index in [2.05, 4.69) is 10.3 Å². The number of imidazole rings is 1. The summed E-state index contributed by atoms with van der Waals surface area (Å²) in [6.45, 7) is 0. The molecular formula is C21H21N3O4. The van der Waals surface area contributed by atoms with Crippen LogP contribution in [0.2, 0.25) is 0 Å². The highest BCUT2D eigenvalue weighted by Gasteiger charge is 2.32. The average molecular weight is 379 g/mol. The van der Waals surface area contributed by atoms with E-state index in [9.17, 15) is 4.79 Å². The Bertz CT molecular complexity index is 989. The van der Waals surface area contributed by atoms with Crippen LogP contribution in [0.15, 0.2) is 48.8 Å². The summed E-state index contributed by atoms with van der Waals surface area (Å²) in [4.78, 5) is 17.1. The molecule has 2 heterocycles. The Morgan fingerprint density at radius 2 is 1.71 bits per heavy atom. The molecule has 0 aliphatic carbocycles. The average Bonchev–Trinajstić information content (AvgIpc) is 3.16. The molecule has 0 fully saturated rings. The largest absolute Gasteiger partial charge is 0.493 e. The van der Waals surface area contributed by atoms with Gasteiger partial charge in [-0.15, -0.1) is 0 Å². The number of para-hydroxylation sites is 1. The lowest BCUT2D eigenvalue weighted by molar-refractivity contribution is -0.116. The Morgan fingerprint density at radius 3 is 2.32 bits per heavy atom. The minimum Gasteiger partial charge on any atom is -0.493 e. The van der Waals surface area contributed by atoms with Crippen molar-refractivity contribution in [2.45, 2.75) is 12.3 Å². The van der Waals surface area contributed by atoms with Gasteiger partial charge >= 0.3 is 0 Å². The molecule has 1 N–H and O–H groups in total. The fourth-order valence-electron chi connectivity index (χ4n) is 3.57. The molecule has 144 valence electrons. The van der Waals surface area contributed by atoms with Gasteiger partial charge in [0.2, 0.25) is 11.7 Å². The maximum atomic E-state index is 12.5. The first-order valence-corrected chi connectivity index (χ1v) is 8.88. The Hall–Kier alpha value is -3.48. The zero-order chi connectivity index (χ0) is 19.7. The number of ether oxygens (including phenoxy) is 3. The molecule has 1 aromatic heterocycles. The van der Waals surface area contributed by atoms with Gasteiger partial charge in [-0.3, -0.25) is 9.36 Å². The third-order valence-corrected chi connectivity index (χ3v) is 4.90. The number of benzene rings is 2. The number of nitrogens with one attached hydrogen (secondary N) is 1. The summed E-state index contributed by atoms with van der Waals surface area (Å²) in [6.07, 6.45) is 2.02. The van der Waals surface area contributed by atoms with E-state index < -0.39 is 0 Å². The van der Waals surface area contributed by atoms with Gasteiger partial charge in [0.25, 0.3) is 0 Å². The number of aromatic nitrogens is 2. The van der Waals surface area contributed by atoms with Crippen molar-refractivity contribution in [3.63, 3.8) is 0 Å². The summed E-state index contributed by atoms with van der Waals surface area (Å²) in [5, 5.41) is 2.96. The maximum Gasteiger partial charge on any atom is 0.226 e. The van der Waals surface area contributed by atoms with Crippen molar-refractivity contribution in [2.75, 3.05) is 26.6 Å². The van der Waals surface area contributed by atoms with Crippen molar-refractivity contribution in [1.82, 2.24) is 9.55 Å². The first kappa shape index (κ1) is 17.9. The maximum absolute atomic E-state index is 12.5. The van der Waals surface area contributed by atoms with E-state index in [-0.39, 0.29) is 18.2 Å². The molecular weight excluding hydrogens is 358 g/mol. The molecule has 0 unspecified atom stereocenters. The number of carbonyl (C=O) groups excluding carboxylic acids is 1. The lowest BCUT2D eigenvalue weighted by Crippen LogP contribution is -2.25. The first-order valence-electron chi connectivity index (χ1n) is 8.88. The molecule has 4 rings (SSSR count). The zero-order valence-corrected chi connectivity index (χ0v) is 15.9. The lowest BCUT2D eigenvalue weighted by Gasteiger charge is -2.24. The zero-order valence-electron chi connectivity index (χ0n) is 15.9. The molecule has 28 heavy (non-hydrogen) atoms. The molecule has 3 aromatic rings. The van der Waals surface area contributed by atoms with Gasteiger partial charge < -0.3 is 19.5 Å². The SMILES string of the molecule is COc1cc([C@H]2CC(=O)Nc3c2ncn3-c2ccccc2)cc(OC)c1OC. The van der Waals surface area contributed by atoms with E-state index >= 15 is 0 Å². The summed E-state index contributed by atoms with van der Waals surface area (Å²) in [5.74, 6) is 2.01. The van der Waals surface area contributed by atoms with Gasteiger partial charge in [-0.1, -0.05) is 18.2 Å². The second-order valence-corrected chi connectivity index (χ2v) is 6.45. The number of anilines is 1. The number of hydrogen-bond acceptors (Lipinski definition) is 5. The van der Waals surface area contributed by atoms with Crippen LogP contribution in [0.1, 0.15) is 23.6 Å². The molecule has 1 aliphatic rings. The van der Waals surface area contributed by atoms with Crippen LogP contribution in [0.3, 0.4) is 0 Å². The molecule has 0 saturated heterocycles. The topological polar surface area (TPSA) is 74.6 Å². The van der Waals surface area contributed by atoms with Crippen LogP contribution in [0.4, 0.5) is 5.82 Å². The second-order valence-electron chi connectivity index (χ2n) is 6.45. The third kappa shape index (κ3) is 2.94. The van der Waals surface area contributed by atoms with Crippen molar-refractivity contribution < 1.29 is 19.0 Å². The normalized spacial score (nSPS) is 15.5. The van der Waals surface area contributed by atoms with Gasteiger partial charge in [0.1, 0.15) is 12.1 Å². The summed E-state index contributed by atoms with van der Waals surface area (Å²) in [6, 6.07) is 13.5. The van der Waals surface area contributed by atoms with E-state index in [0.717, 1.165) is 16.9 Å². The van der Waals surface area contributed by atoms with E-state index in [0.29, 0.717) is 23.1 Å². The summed E-state index contributed by atoms with van der Waals surface area (Å²) in [5.41, 5.74) is 2.61. The summed E-state index contributed by atoms with van der Waals surface area (Å²) < 4.78 is 18.2. The van der Waals surface area contributed by atoms with Gasteiger partial charge in [0, 0.05) is 18.0 Å². The highest BCUT2D eigenvalue weighted by atomic mass is 16.5. The number of rotatable bonds is 5. The molecule has 2 aromatic carbocycles. The minimum atomic E-state index is -0.220. The minimum absolute atomic E-state index is 0.0658.